The van der Waals surface area contributed by atoms with Gasteiger partial charge < -0.3 is 9.84 Å². The highest BCUT2D eigenvalue weighted by atomic mass is 16.5. The van der Waals surface area contributed by atoms with Crippen molar-refractivity contribution in [1.29, 1.82) is 0 Å². The van der Waals surface area contributed by atoms with Crippen LogP contribution in [-0.4, -0.2) is 17.5 Å². The molecule has 2 aliphatic rings. The maximum absolute atomic E-state index is 11.2. The summed E-state index contributed by atoms with van der Waals surface area (Å²) in [4.78, 5) is 11.2. The Bertz CT molecular complexity index is 415. The number of carbonyl (C=O) groups is 1. The van der Waals surface area contributed by atoms with Crippen molar-refractivity contribution in [2.24, 2.45) is 11.3 Å². The first-order valence-electron chi connectivity index (χ1n) is 6.40. The summed E-state index contributed by atoms with van der Waals surface area (Å²) in [6, 6.07) is 0. The van der Waals surface area contributed by atoms with Crippen LogP contribution in [0.25, 0.3) is 0 Å². The second-order valence-corrected chi connectivity index (χ2v) is 5.68. The van der Waals surface area contributed by atoms with Crippen LogP contribution in [0.3, 0.4) is 0 Å². The number of aldehydes is 1. The minimum absolute atomic E-state index is 0.0138. The van der Waals surface area contributed by atoms with E-state index in [1.807, 2.05) is 18.2 Å². The Labute approximate surface area is 108 Å². The third kappa shape index (κ3) is 2.50. The summed E-state index contributed by atoms with van der Waals surface area (Å²) < 4.78 is 5.51. The molecule has 2 unspecified atom stereocenters. The standard InChI is InChI=1S/C15H20O3/c1-15(2)7-6-14(17)12(10-16)13(15)9-11-5-3-4-8-18-11/h3-5,8,10-11,13,17H,6-7,9H2,1-2H3. The van der Waals surface area contributed by atoms with E-state index in [-0.39, 0.29) is 23.2 Å². The molecule has 0 aromatic heterocycles. The molecule has 0 fully saturated rings. The van der Waals surface area contributed by atoms with Gasteiger partial charge in [0.15, 0.2) is 0 Å². The van der Waals surface area contributed by atoms with Crippen LogP contribution in [0, 0.1) is 11.3 Å². The molecule has 0 spiro atoms. The summed E-state index contributed by atoms with van der Waals surface area (Å²) in [5, 5.41) is 9.88. The maximum Gasteiger partial charge on any atom is 0.149 e. The SMILES string of the molecule is CC1(C)CCC(O)=C(C=O)C1CC1C=CC=CO1. The molecule has 0 amide bonds. The highest BCUT2D eigenvalue weighted by Gasteiger charge is 2.38. The van der Waals surface area contributed by atoms with E-state index in [2.05, 4.69) is 13.8 Å². The van der Waals surface area contributed by atoms with Crippen molar-refractivity contribution < 1.29 is 14.6 Å². The first-order valence-corrected chi connectivity index (χ1v) is 6.40. The molecule has 2 atom stereocenters. The fourth-order valence-electron chi connectivity index (χ4n) is 2.77. The molecule has 1 aliphatic carbocycles. The first kappa shape index (κ1) is 12.9. The van der Waals surface area contributed by atoms with Gasteiger partial charge in [-0.2, -0.15) is 0 Å². The van der Waals surface area contributed by atoms with E-state index in [9.17, 15) is 9.90 Å². The Hall–Kier alpha value is -1.51. The predicted molar refractivity (Wildman–Crippen MR) is 70.0 cm³/mol. The van der Waals surface area contributed by atoms with Gasteiger partial charge in [-0.3, -0.25) is 4.79 Å². The van der Waals surface area contributed by atoms with Gasteiger partial charge in [-0.1, -0.05) is 19.9 Å². The molecule has 0 aromatic carbocycles. The van der Waals surface area contributed by atoms with Crippen molar-refractivity contribution in [3.8, 4) is 0 Å². The Morgan fingerprint density at radius 3 is 2.89 bits per heavy atom. The second kappa shape index (κ2) is 5.01. The van der Waals surface area contributed by atoms with Crippen LogP contribution in [0.4, 0.5) is 0 Å². The van der Waals surface area contributed by atoms with Crippen LogP contribution in [0.1, 0.15) is 33.1 Å². The van der Waals surface area contributed by atoms with Crippen LogP contribution >= 0.6 is 0 Å². The Morgan fingerprint density at radius 1 is 1.50 bits per heavy atom. The first-order chi connectivity index (χ1) is 8.54. The molecule has 0 saturated carbocycles. The van der Waals surface area contributed by atoms with Gasteiger partial charge in [-0.05, 0) is 36.3 Å². The van der Waals surface area contributed by atoms with Crippen LogP contribution in [-0.2, 0) is 9.53 Å². The minimum Gasteiger partial charge on any atom is -0.512 e. The quantitative estimate of drug-likeness (QED) is 0.779. The second-order valence-electron chi connectivity index (χ2n) is 5.68. The smallest absolute Gasteiger partial charge is 0.149 e. The third-order valence-corrected chi connectivity index (χ3v) is 4.02. The van der Waals surface area contributed by atoms with Crippen molar-refractivity contribution in [1.82, 2.24) is 0 Å². The van der Waals surface area contributed by atoms with E-state index in [1.165, 1.54) is 0 Å². The van der Waals surface area contributed by atoms with Gasteiger partial charge in [0.2, 0.25) is 0 Å². The molecule has 0 saturated heterocycles. The molecule has 0 aromatic rings. The molecule has 0 bridgehead atoms. The highest BCUT2D eigenvalue weighted by molar-refractivity contribution is 5.75. The fourth-order valence-corrected chi connectivity index (χ4v) is 2.77. The third-order valence-electron chi connectivity index (χ3n) is 4.02. The molecule has 2 rings (SSSR count). The molecule has 3 heteroatoms. The van der Waals surface area contributed by atoms with Crippen LogP contribution in [0.2, 0.25) is 0 Å². The Balaban J connectivity index is 2.20. The number of rotatable bonds is 3. The number of hydrogen-bond acceptors (Lipinski definition) is 3. The van der Waals surface area contributed by atoms with E-state index >= 15 is 0 Å². The topological polar surface area (TPSA) is 46.5 Å². The lowest BCUT2D eigenvalue weighted by molar-refractivity contribution is -0.106. The molecule has 98 valence electrons. The maximum atomic E-state index is 11.2. The number of ether oxygens (including phenoxy) is 1. The lowest BCUT2D eigenvalue weighted by Crippen LogP contribution is -2.34. The molecular weight excluding hydrogens is 228 g/mol. The van der Waals surface area contributed by atoms with Crippen molar-refractivity contribution in [3.05, 3.63) is 35.8 Å². The predicted octanol–water partition coefficient (Wildman–Crippen LogP) is 3.29. The lowest BCUT2D eigenvalue weighted by Gasteiger charge is -2.40. The molecule has 1 heterocycles. The average Bonchev–Trinajstić information content (AvgIpc) is 2.36. The molecular formula is C15H20O3. The monoisotopic (exact) mass is 248 g/mol. The van der Waals surface area contributed by atoms with Crippen molar-refractivity contribution in [2.45, 2.75) is 39.2 Å². The molecule has 18 heavy (non-hydrogen) atoms. The van der Waals surface area contributed by atoms with Crippen LogP contribution in [0.15, 0.2) is 35.8 Å². The number of hydrogen-bond donors (Lipinski definition) is 1. The summed E-state index contributed by atoms with van der Waals surface area (Å²) in [6.45, 7) is 4.30. The summed E-state index contributed by atoms with van der Waals surface area (Å²) in [5.74, 6) is 0.301. The largest absolute Gasteiger partial charge is 0.512 e. The molecule has 3 nitrogen and oxygen atoms in total. The number of allylic oxidation sites excluding steroid dienone is 4. The van der Waals surface area contributed by atoms with Gasteiger partial charge in [-0.25, -0.2) is 0 Å². The zero-order valence-electron chi connectivity index (χ0n) is 10.9. The fraction of sp³-hybridized carbons (Fsp3) is 0.533. The molecule has 0 radical (unpaired) electrons. The van der Waals surface area contributed by atoms with Gasteiger partial charge >= 0.3 is 0 Å². The van der Waals surface area contributed by atoms with E-state index < -0.39 is 0 Å². The lowest BCUT2D eigenvalue weighted by atomic mass is 9.66. The van der Waals surface area contributed by atoms with Crippen molar-refractivity contribution in [3.63, 3.8) is 0 Å². The zero-order chi connectivity index (χ0) is 13.2. The average molecular weight is 248 g/mol. The minimum atomic E-state index is -0.0138. The summed E-state index contributed by atoms with van der Waals surface area (Å²) in [7, 11) is 0. The summed E-state index contributed by atoms with van der Waals surface area (Å²) >= 11 is 0. The summed E-state index contributed by atoms with van der Waals surface area (Å²) in [5.41, 5.74) is 0.568. The van der Waals surface area contributed by atoms with Gasteiger partial charge in [0.1, 0.15) is 12.4 Å². The normalized spacial score (nSPS) is 30.1. The van der Waals surface area contributed by atoms with Gasteiger partial charge in [0, 0.05) is 12.0 Å². The van der Waals surface area contributed by atoms with E-state index in [0.29, 0.717) is 12.0 Å². The van der Waals surface area contributed by atoms with Crippen LogP contribution in [0.5, 0.6) is 0 Å². The number of carbonyl (C=O) groups excluding carboxylic acids is 1. The molecule has 1 N–H and O–H groups in total. The highest BCUT2D eigenvalue weighted by Crippen LogP contribution is 2.45. The zero-order valence-corrected chi connectivity index (χ0v) is 10.9. The van der Waals surface area contributed by atoms with Crippen LogP contribution < -0.4 is 0 Å². The number of aliphatic hydroxyl groups excluding tert-OH is 1. The van der Waals surface area contributed by atoms with Gasteiger partial charge in [0.25, 0.3) is 0 Å². The van der Waals surface area contributed by atoms with Gasteiger partial charge in [0.05, 0.1) is 12.0 Å². The molecule has 1 aliphatic heterocycles. The van der Waals surface area contributed by atoms with E-state index in [1.54, 1.807) is 6.26 Å². The summed E-state index contributed by atoms with van der Waals surface area (Å²) in [6.07, 6.45) is 10.5. The van der Waals surface area contributed by atoms with E-state index in [0.717, 1.165) is 19.1 Å². The Morgan fingerprint density at radius 2 is 2.28 bits per heavy atom. The number of aliphatic hydroxyl groups is 1. The Kier molecular flexibility index (Phi) is 3.60. The van der Waals surface area contributed by atoms with Crippen molar-refractivity contribution >= 4 is 6.29 Å². The van der Waals surface area contributed by atoms with Crippen molar-refractivity contribution in [2.75, 3.05) is 0 Å². The van der Waals surface area contributed by atoms with E-state index in [4.69, 9.17) is 4.74 Å². The van der Waals surface area contributed by atoms with Gasteiger partial charge in [-0.15, -0.1) is 0 Å².